The van der Waals surface area contributed by atoms with Crippen LogP contribution >= 0.6 is 0 Å². The molecule has 2 rings (SSSR count). The van der Waals surface area contributed by atoms with Crippen LogP contribution in [0.1, 0.15) is 21.6 Å². The van der Waals surface area contributed by atoms with E-state index in [-0.39, 0.29) is 11.4 Å². The highest BCUT2D eigenvalue weighted by atomic mass is 19.1. The molecule has 2 aromatic rings. The lowest BCUT2D eigenvalue weighted by molar-refractivity contribution is 0.0695. The molecular weight excluding hydrogens is 249 g/mol. The number of carbonyl (C=O) groups is 1. The minimum Gasteiger partial charge on any atom is -0.478 e. The zero-order chi connectivity index (χ0) is 13.8. The number of carboxylic acid groups (broad SMARTS) is 1. The second kappa shape index (κ2) is 5.43. The van der Waals surface area contributed by atoms with Crippen molar-refractivity contribution < 1.29 is 14.3 Å². The van der Waals surface area contributed by atoms with Crippen LogP contribution in [-0.4, -0.2) is 21.0 Å². The summed E-state index contributed by atoms with van der Waals surface area (Å²) in [7, 11) is 0. The van der Waals surface area contributed by atoms with E-state index < -0.39 is 5.97 Å². The Balaban J connectivity index is 2.06. The van der Waals surface area contributed by atoms with Crippen molar-refractivity contribution in [3.05, 3.63) is 53.1 Å². The Labute approximate surface area is 109 Å². The number of benzene rings is 1. The van der Waals surface area contributed by atoms with E-state index >= 15 is 0 Å². The molecule has 19 heavy (non-hydrogen) atoms. The fraction of sp³-hybridized carbons (Fsp3) is 0.154. The number of nitrogens with one attached hydrogen (secondary N) is 1. The number of anilines is 1. The van der Waals surface area contributed by atoms with E-state index in [1.165, 1.54) is 18.3 Å². The zero-order valence-corrected chi connectivity index (χ0v) is 10.2. The van der Waals surface area contributed by atoms with Gasteiger partial charge in [-0.1, -0.05) is 12.1 Å². The summed E-state index contributed by atoms with van der Waals surface area (Å²) in [6.07, 6.45) is 1.26. The first-order valence-electron chi connectivity index (χ1n) is 5.61. The minimum absolute atomic E-state index is 0.0762. The first-order valence-corrected chi connectivity index (χ1v) is 5.61. The highest BCUT2D eigenvalue weighted by Crippen LogP contribution is 2.09. The third kappa shape index (κ3) is 3.25. The number of hydrogen-bond acceptors (Lipinski definition) is 4. The molecule has 98 valence electrons. The van der Waals surface area contributed by atoms with Crippen molar-refractivity contribution in [2.45, 2.75) is 13.5 Å². The number of rotatable bonds is 4. The second-order valence-electron chi connectivity index (χ2n) is 3.98. The van der Waals surface area contributed by atoms with Crippen LogP contribution in [0, 0.1) is 12.7 Å². The van der Waals surface area contributed by atoms with Crippen LogP contribution in [0.25, 0.3) is 0 Å². The maximum atomic E-state index is 12.7. The lowest BCUT2D eigenvalue weighted by Gasteiger charge is -2.06. The van der Waals surface area contributed by atoms with Gasteiger partial charge in [-0.25, -0.2) is 19.2 Å². The van der Waals surface area contributed by atoms with Gasteiger partial charge in [0.25, 0.3) is 0 Å². The van der Waals surface area contributed by atoms with E-state index in [9.17, 15) is 9.18 Å². The van der Waals surface area contributed by atoms with Crippen molar-refractivity contribution in [3.8, 4) is 0 Å². The molecule has 0 aliphatic rings. The smallest absolute Gasteiger partial charge is 0.339 e. The summed E-state index contributed by atoms with van der Waals surface area (Å²) in [5.74, 6) is -1.00. The van der Waals surface area contributed by atoms with Gasteiger partial charge in [0.15, 0.2) is 0 Å². The topological polar surface area (TPSA) is 75.1 Å². The Morgan fingerprint density at radius 2 is 2.05 bits per heavy atom. The quantitative estimate of drug-likeness (QED) is 0.882. The number of nitrogens with zero attached hydrogens (tertiary/aromatic N) is 2. The van der Waals surface area contributed by atoms with E-state index in [4.69, 9.17) is 5.11 Å². The molecule has 0 atom stereocenters. The predicted octanol–water partition coefficient (Wildman–Crippen LogP) is 2.23. The first-order chi connectivity index (χ1) is 9.06. The van der Waals surface area contributed by atoms with Crippen molar-refractivity contribution in [2.75, 3.05) is 5.32 Å². The van der Waals surface area contributed by atoms with Crippen molar-refractivity contribution >= 4 is 11.9 Å². The maximum absolute atomic E-state index is 12.7. The van der Waals surface area contributed by atoms with Crippen LogP contribution in [0.5, 0.6) is 0 Å². The molecule has 0 saturated heterocycles. The molecule has 1 aromatic heterocycles. The Morgan fingerprint density at radius 1 is 1.37 bits per heavy atom. The molecule has 0 bridgehead atoms. The fourth-order valence-electron chi connectivity index (χ4n) is 1.55. The summed E-state index contributed by atoms with van der Waals surface area (Å²) in [5, 5.41) is 11.8. The second-order valence-corrected chi connectivity index (χ2v) is 3.98. The molecule has 1 aromatic carbocycles. The average Bonchev–Trinajstić information content (AvgIpc) is 2.37. The third-order valence-corrected chi connectivity index (χ3v) is 2.57. The molecule has 0 spiro atoms. The summed E-state index contributed by atoms with van der Waals surface area (Å²) in [5.41, 5.74) is 1.35. The van der Waals surface area contributed by atoms with Gasteiger partial charge in [0.1, 0.15) is 5.82 Å². The first kappa shape index (κ1) is 12.9. The van der Waals surface area contributed by atoms with E-state index in [1.54, 1.807) is 19.1 Å². The summed E-state index contributed by atoms with van der Waals surface area (Å²) >= 11 is 0. The molecule has 0 unspecified atom stereocenters. The molecule has 2 N–H and O–H groups in total. The Morgan fingerprint density at radius 3 is 2.63 bits per heavy atom. The van der Waals surface area contributed by atoms with Gasteiger partial charge in [0.2, 0.25) is 5.95 Å². The highest BCUT2D eigenvalue weighted by Gasteiger charge is 2.09. The van der Waals surface area contributed by atoms with E-state index in [1.807, 2.05) is 0 Å². The molecule has 0 aliphatic carbocycles. The number of halogens is 1. The number of carboxylic acids is 1. The lowest BCUT2D eigenvalue weighted by Crippen LogP contribution is -2.08. The summed E-state index contributed by atoms with van der Waals surface area (Å²) in [4.78, 5) is 18.8. The molecule has 0 radical (unpaired) electrons. The predicted molar refractivity (Wildman–Crippen MR) is 67.5 cm³/mol. The number of aromatic nitrogens is 2. The number of aromatic carboxylic acids is 1. The molecule has 0 saturated carbocycles. The molecule has 0 fully saturated rings. The molecular formula is C13H12FN3O2. The van der Waals surface area contributed by atoms with Crippen LogP contribution < -0.4 is 5.32 Å². The Hall–Kier alpha value is -2.50. The van der Waals surface area contributed by atoms with Crippen LogP contribution in [0.15, 0.2) is 30.5 Å². The normalized spacial score (nSPS) is 10.2. The van der Waals surface area contributed by atoms with Crippen LogP contribution in [0.2, 0.25) is 0 Å². The molecule has 0 aliphatic heterocycles. The van der Waals surface area contributed by atoms with Crippen LogP contribution in [0.3, 0.4) is 0 Å². The number of hydrogen-bond donors (Lipinski definition) is 2. The van der Waals surface area contributed by atoms with Gasteiger partial charge in [0.05, 0.1) is 11.3 Å². The summed E-state index contributed by atoms with van der Waals surface area (Å²) in [6.45, 7) is 2.04. The third-order valence-electron chi connectivity index (χ3n) is 2.57. The molecule has 0 amide bonds. The average molecular weight is 261 g/mol. The van der Waals surface area contributed by atoms with Gasteiger partial charge in [-0.3, -0.25) is 0 Å². The molecule has 5 nitrogen and oxygen atoms in total. The van der Waals surface area contributed by atoms with Gasteiger partial charge >= 0.3 is 5.97 Å². The van der Waals surface area contributed by atoms with Crippen molar-refractivity contribution in [3.63, 3.8) is 0 Å². The lowest BCUT2D eigenvalue weighted by atomic mass is 10.2. The summed E-state index contributed by atoms with van der Waals surface area (Å²) in [6, 6.07) is 6.05. The van der Waals surface area contributed by atoms with Crippen molar-refractivity contribution in [2.24, 2.45) is 0 Å². The van der Waals surface area contributed by atoms with Crippen molar-refractivity contribution in [1.82, 2.24) is 9.97 Å². The van der Waals surface area contributed by atoms with Gasteiger partial charge in [0, 0.05) is 12.7 Å². The van der Waals surface area contributed by atoms with E-state index in [0.717, 1.165) is 5.56 Å². The highest BCUT2D eigenvalue weighted by molar-refractivity contribution is 5.88. The van der Waals surface area contributed by atoms with Crippen LogP contribution in [0.4, 0.5) is 10.3 Å². The molecule has 1 heterocycles. The van der Waals surface area contributed by atoms with Crippen LogP contribution in [-0.2, 0) is 6.54 Å². The van der Waals surface area contributed by atoms with Crippen molar-refractivity contribution in [1.29, 1.82) is 0 Å². The van der Waals surface area contributed by atoms with Gasteiger partial charge in [-0.05, 0) is 24.6 Å². The largest absolute Gasteiger partial charge is 0.478 e. The number of aryl methyl sites for hydroxylation is 1. The Bertz CT molecular complexity index is 599. The van der Waals surface area contributed by atoms with E-state index in [2.05, 4.69) is 15.3 Å². The monoisotopic (exact) mass is 261 g/mol. The SMILES string of the molecule is Cc1nc(NCc2ccc(F)cc2)ncc1C(=O)O. The standard InChI is InChI=1S/C13H12FN3O2/c1-8-11(12(18)19)7-16-13(17-8)15-6-9-2-4-10(14)5-3-9/h2-5,7H,6H2,1H3,(H,18,19)(H,15,16,17). The van der Waals surface area contributed by atoms with Gasteiger partial charge in [-0.15, -0.1) is 0 Å². The summed E-state index contributed by atoms with van der Waals surface area (Å²) < 4.78 is 12.7. The van der Waals surface area contributed by atoms with E-state index in [0.29, 0.717) is 18.2 Å². The molecule has 6 heteroatoms. The van der Waals surface area contributed by atoms with Gasteiger partial charge < -0.3 is 10.4 Å². The maximum Gasteiger partial charge on any atom is 0.339 e. The fourth-order valence-corrected chi connectivity index (χ4v) is 1.55. The zero-order valence-electron chi connectivity index (χ0n) is 10.2. The minimum atomic E-state index is -1.05. The van der Waals surface area contributed by atoms with Gasteiger partial charge in [-0.2, -0.15) is 0 Å². The Kier molecular flexibility index (Phi) is 3.70.